The number of alkyl halides is 6. The summed E-state index contributed by atoms with van der Waals surface area (Å²) in [4.78, 5) is 7.52. The highest BCUT2D eigenvalue weighted by atomic mass is 35.5. The van der Waals surface area contributed by atoms with Gasteiger partial charge in [0.25, 0.3) is 0 Å². The fraction of sp³-hybridized carbons (Fsp3) is 0.429. The van der Waals surface area contributed by atoms with Crippen LogP contribution in [0.5, 0.6) is 11.8 Å². The summed E-state index contributed by atoms with van der Waals surface area (Å²) in [5.41, 5.74) is -1.98. The zero-order valence-electron chi connectivity index (χ0n) is 17.6. The van der Waals surface area contributed by atoms with Crippen LogP contribution >= 0.6 is 11.6 Å². The van der Waals surface area contributed by atoms with Crippen molar-refractivity contribution in [3.63, 3.8) is 0 Å². The molecule has 0 bridgehead atoms. The number of benzene rings is 1. The molecule has 32 heavy (non-hydrogen) atoms. The monoisotopic (exact) mass is 479 g/mol. The fourth-order valence-electron chi connectivity index (χ4n) is 3.68. The molecule has 0 N–H and O–H groups in total. The molecule has 4 nitrogen and oxygen atoms in total. The van der Waals surface area contributed by atoms with Gasteiger partial charge >= 0.3 is 18.4 Å². The zero-order chi connectivity index (χ0) is 24.0. The maximum absolute atomic E-state index is 13.6. The Balaban J connectivity index is 2.22. The molecule has 0 saturated carbocycles. The number of hydrogen-bond acceptors (Lipinski definition) is 3. The number of rotatable bonds is 5. The molecule has 0 radical (unpaired) electrons. The van der Waals surface area contributed by atoms with Crippen LogP contribution < -0.4 is 4.74 Å². The number of fused-ring (bicyclic) bond motifs is 1. The van der Waals surface area contributed by atoms with Gasteiger partial charge < -0.3 is 4.74 Å². The molecule has 2 aromatic heterocycles. The average molecular weight is 480 g/mol. The summed E-state index contributed by atoms with van der Waals surface area (Å²) in [6.07, 6.45) is -8.52. The lowest BCUT2D eigenvalue weighted by Crippen LogP contribution is -2.16. The molecular weight excluding hydrogens is 460 g/mol. The molecule has 0 spiro atoms. The van der Waals surface area contributed by atoms with Gasteiger partial charge in [0.15, 0.2) is 5.75 Å². The van der Waals surface area contributed by atoms with Crippen molar-refractivity contribution in [2.45, 2.75) is 51.9 Å². The van der Waals surface area contributed by atoms with Crippen LogP contribution in [-0.2, 0) is 19.4 Å². The predicted octanol–water partition coefficient (Wildman–Crippen LogP) is 7.66. The van der Waals surface area contributed by atoms with Crippen LogP contribution in [0.2, 0.25) is 5.02 Å². The molecule has 0 aliphatic rings. The molecule has 0 atom stereocenters. The topological polar surface area (TPSA) is 39.9 Å². The molecule has 0 amide bonds. The Labute approximate surface area is 185 Å². The molecule has 3 rings (SSSR count). The van der Waals surface area contributed by atoms with E-state index in [4.69, 9.17) is 16.3 Å². The van der Waals surface area contributed by atoms with E-state index in [1.54, 1.807) is 13.1 Å². The maximum atomic E-state index is 13.6. The second-order valence-electron chi connectivity index (χ2n) is 7.37. The number of aryl methyl sites for hydroxylation is 2. The van der Waals surface area contributed by atoms with Gasteiger partial charge in [-0.25, -0.2) is 4.98 Å². The molecule has 11 heteroatoms. The minimum atomic E-state index is -5.11. The van der Waals surface area contributed by atoms with Crippen LogP contribution in [-0.4, -0.2) is 14.5 Å². The minimum Gasteiger partial charge on any atom is -0.423 e. The van der Waals surface area contributed by atoms with Crippen molar-refractivity contribution in [3.05, 3.63) is 45.7 Å². The van der Waals surface area contributed by atoms with Gasteiger partial charge in [0.2, 0.25) is 0 Å². The van der Waals surface area contributed by atoms with Crippen molar-refractivity contribution >= 4 is 22.6 Å². The molecule has 0 aliphatic heterocycles. The van der Waals surface area contributed by atoms with Gasteiger partial charge in [-0.15, -0.1) is 0 Å². The molecule has 0 saturated heterocycles. The van der Waals surface area contributed by atoms with Crippen molar-refractivity contribution in [1.82, 2.24) is 14.5 Å². The first-order valence-corrected chi connectivity index (χ1v) is 10.2. The first-order valence-electron chi connectivity index (χ1n) is 9.78. The van der Waals surface area contributed by atoms with Crippen LogP contribution in [0, 0.1) is 6.92 Å². The van der Waals surface area contributed by atoms with Gasteiger partial charge in [0, 0.05) is 7.05 Å². The van der Waals surface area contributed by atoms with Gasteiger partial charge in [-0.2, -0.15) is 31.3 Å². The normalized spacial score (nSPS) is 12.8. The van der Waals surface area contributed by atoms with E-state index in [-0.39, 0.29) is 23.0 Å². The van der Waals surface area contributed by atoms with Crippen LogP contribution in [0.3, 0.4) is 0 Å². The Hall–Kier alpha value is -2.49. The Bertz CT molecular complexity index is 1150. The van der Waals surface area contributed by atoms with Gasteiger partial charge in [0.1, 0.15) is 16.8 Å². The highest BCUT2D eigenvalue weighted by Crippen LogP contribution is 2.43. The third-order valence-corrected chi connectivity index (χ3v) is 5.63. The number of nitrogens with zero attached hydrogens (tertiary/aromatic N) is 3. The minimum absolute atomic E-state index is 0.0619. The zero-order valence-corrected chi connectivity index (χ0v) is 18.4. The second kappa shape index (κ2) is 8.46. The predicted molar refractivity (Wildman–Crippen MR) is 108 cm³/mol. The Kier molecular flexibility index (Phi) is 6.38. The van der Waals surface area contributed by atoms with E-state index >= 15 is 0 Å². The average Bonchev–Trinajstić information content (AvgIpc) is 3.01. The third-order valence-electron chi connectivity index (χ3n) is 5.32. The Morgan fingerprint density at radius 3 is 2.19 bits per heavy atom. The first kappa shape index (κ1) is 24.2. The van der Waals surface area contributed by atoms with Crippen molar-refractivity contribution < 1.29 is 31.1 Å². The molecule has 3 aromatic rings. The van der Waals surface area contributed by atoms with Gasteiger partial charge in [-0.05, 0) is 43.4 Å². The molecule has 0 fully saturated rings. The lowest BCUT2D eigenvalue weighted by atomic mass is 9.93. The number of hydrogen-bond donors (Lipinski definition) is 0. The van der Waals surface area contributed by atoms with E-state index in [1.165, 1.54) is 4.57 Å². The van der Waals surface area contributed by atoms with Gasteiger partial charge in [-0.3, -0.25) is 4.57 Å². The molecule has 0 unspecified atom stereocenters. The molecule has 2 heterocycles. The van der Waals surface area contributed by atoms with Crippen LogP contribution in [0.4, 0.5) is 26.3 Å². The van der Waals surface area contributed by atoms with Crippen LogP contribution in [0.15, 0.2) is 18.2 Å². The van der Waals surface area contributed by atoms with Crippen molar-refractivity contribution in [1.29, 1.82) is 0 Å². The standard InChI is InChI=1S/C21H20ClF6N3O/c1-5-11(6-2)12-7-8-14(22)16-17(12)31(4)19(30-16)32-18-10(3)29-15(21(26,27)28)9-13(18)20(23,24)25/h7-9,11H,5-6H2,1-4H3. The first-order chi connectivity index (χ1) is 14.8. The maximum Gasteiger partial charge on any atom is 0.433 e. The van der Waals surface area contributed by atoms with Crippen LogP contribution in [0.25, 0.3) is 11.0 Å². The number of halogens is 7. The third kappa shape index (κ3) is 4.37. The van der Waals surface area contributed by atoms with E-state index < -0.39 is 35.1 Å². The quantitative estimate of drug-likeness (QED) is 0.353. The van der Waals surface area contributed by atoms with E-state index in [0.29, 0.717) is 11.0 Å². The van der Waals surface area contributed by atoms with Crippen molar-refractivity contribution in [3.8, 4) is 11.8 Å². The lowest BCUT2D eigenvalue weighted by molar-refractivity contribution is -0.146. The number of imidazole rings is 1. The van der Waals surface area contributed by atoms with Gasteiger partial charge in [-0.1, -0.05) is 31.5 Å². The second-order valence-corrected chi connectivity index (χ2v) is 7.78. The lowest BCUT2D eigenvalue weighted by Gasteiger charge is -2.18. The van der Waals surface area contributed by atoms with Crippen molar-refractivity contribution in [2.24, 2.45) is 7.05 Å². The number of aromatic nitrogens is 3. The fourth-order valence-corrected chi connectivity index (χ4v) is 3.88. The van der Waals surface area contributed by atoms with E-state index in [0.717, 1.165) is 25.3 Å². The summed E-state index contributed by atoms with van der Waals surface area (Å²) in [7, 11) is 1.55. The summed E-state index contributed by atoms with van der Waals surface area (Å²) in [5.74, 6) is -0.692. The summed E-state index contributed by atoms with van der Waals surface area (Å²) < 4.78 is 86.8. The molecular formula is C21H20ClF6N3O. The Morgan fingerprint density at radius 1 is 1.03 bits per heavy atom. The number of pyridine rings is 1. The smallest absolute Gasteiger partial charge is 0.423 e. The van der Waals surface area contributed by atoms with E-state index in [2.05, 4.69) is 9.97 Å². The summed E-state index contributed by atoms with van der Waals surface area (Å²) in [5, 5.41) is 0.276. The van der Waals surface area contributed by atoms with E-state index in [1.807, 2.05) is 19.9 Å². The summed E-state index contributed by atoms with van der Waals surface area (Å²) >= 11 is 6.27. The largest absolute Gasteiger partial charge is 0.433 e. The molecule has 174 valence electrons. The van der Waals surface area contributed by atoms with Gasteiger partial charge in [0.05, 0.1) is 16.2 Å². The summed E-state index contributed by atoms with van der Waals surface area (Å²) in [6.45, 7) is 5.04. The number of ether oxygens (including phenoxy) is 1. The highest BCUT2D eigenvalue weighted by molar-refractivity contribution is 6.35. The van der Waals surface area contributed by atoms with Crippen molar-refractivity contribution in [2.75, 3.05) is 0 Å². The Morgan fingerprint density at radius 2 is 1.66 bits per heavy atom. The molecule has 0 aliphatic carbocycles. The molecule has 1 aromatic carbocycles. The highest BCUT2D eigenvalue weighted by Gasteiger charge is 2.41. The summed E-state index contributed by atoms with van der Waals surface area (Å²) in [6, 6.07) is 3.18. The van der Waals surface area contributed by atoms with Crippen LogP contribution in [0.1, 0.15) is 55.1 Å². The van der Waals surface area contributed by atoms with E-state index in [9.17, 15) is 26.3 Å². The SMILES string of the molecule is CCC(CC)c1ccc(Cl)c2nc(Oc3c(C(F)(F)F)cc(C(F)(F)F)nc3C)n(C)c12.